The molecule has 0 saturated heterocycles. The van der Waals surface area contributed by atoms with Crippen LogP contribution in [0.3, 0.4) is 0 Å². The summed E-state index contributed by atoms with van der Waals surface area (Å²) in [7, 11) is 0. The Labute approximate surface area is 101 Å². The molecular weight excluding hydrogens is 215 g/mol. The number of hydrogen-bond acceptors (Lipinski definition) is 2. The molecule has 2 nitrogen and oxygen atoms in total. The molecule has 0 aliphatic heterocycles. The minimum Gasteiger partial charge on any atom is -0.385 e. The number of rotatable bonds is 3. The Morgan fingerprint density at radius 1 is 1.35 bits per heavy atom. The van der Waals surface area contributed by atoms with Crippen molar-refractivity contribution in [1.29, 1.82) is 5.26 Å². The van der Waals surface area contributed by atoms with Crippen molar-refractivity contribution in [1.82, 2.24) is 0 Å². The van der Waals surface area contributed by atoms with E-state index in [-0.39, 0.29) is 5.82 Å². The summed E-state index contributed by atoms with van der Waals surface area (Å²) in [4.78, 5) is 0. The lowest BCUT2D eigenvalue weighted by Gasteiger charge is -2.18. The van der Waals surface area contributed by atoms with Gasteiger partial charge in [0.15, 0.2) is 0 Å². The topological polar surface area (TPSA) is 35.8 Å². The van der Waals surface area contributed by atoms with Crippen LogP contribution in [0.25, 0.3) is 0 Å². The van der Waals surface area contributed by atoms with Gasteiger partial charge in [0.2, 0.25) is 0 Å². The number of nitrogens with one attached hydrogen (secondary N) is 1. The quantitative estimate of drug-likeness (QED) is 0.807. The average molecular weight is 230 g/mol. The second-order valence-corrected chi connectivity index (χ2v) is 4.37. The maximum Gasteiger partial charge on any atom is 0.126 e. The highest BCUT2D eigenvalue weighted by Gasteiger charge is 2.09. The molecule has 3 heteroatoms. The van der Waals surface area contributed by atoms with Crippen LogP contribution in [0.5, 0.6) is 0 Å². The number of anilines is 1. The van der Waals surface area contributed by atoms with Gasteiger partial charge in [-0.3, -0.25) is 0 Å². The number of nitriles is 1. The summed E-state index contributed by atoms with van der Waals surface area (Å²) in [5, 5.41) is 12.0. The number of nitrogens with zero attached hydrogens (tertiary/aromatic N) is 1. The van der Waals surface area contributed by atoms with E-state index in [2.05, 4.69) is 17.5 Å². The number of benzene rings is 1. The Morgan fingerprint density at radius 3 is 2.94 bits per heavy atom. The van der Waals surface area contributed by atoms with Gasteiger partial charge in [-0.1, -0.05) is 12.2 Å². The zero-order valence-electron chi connectivity index (χ0n) is 9.62. The van der Waals surface area contributed by atoms with Crippen molar-refractivity contribution in [3.63, 3.8) is 0 Å². The van der Waals surface area contributed by atoms with Crippen LogP contribution in [0.15, 0.2) is 30.4 Å². The Bertz CT molecular complexity index is 460. The number of halogens is 1. The van der Waals surface area contributed by atoms with E-state index in [0.717, 1.165) is 19.4 Å². The van der Waals surface area contributed by atoms with Gasteiger partial charge in [0.1, 0.15) is 5.82 Å². The molecule has 0 spiro atoms. The summed E-state index contributed by atoms with van der Waals surface area (Å²) in [5.74, 6) is 0.240. The van der Waals surface area contributed by atoms with E-state index in [1.54, 1.807) is 6.07 Å². The van der Waals surface area contributed by atoms with Gasteiger partial charge in [0.25, 0.3) is 0 Å². The van der Waals surface area contributed by atoms with Gasteiger partial charge < -0.3 is 5.32 Å². The van der Waals surface area contributed by atoms with E-state index in [1.807, 2.05) is 6.07 Å². The lowest BCUT2D eigenvalue weighted by atomic mass is 9.94. The molecule has 2 rings (SSSR count). The van der Waals surface area contributed by atoms with E-state index in [4.69, 9.17) is 5.26 Å². The predicted molar refractivity (Wildman–Crippen MR) is 66.1 cm³/mol. The van der Waals surface area contributed by atoms with Gasteiger partial charge in [0, 0.05) is 12.2 Å². The lowest BCUT2D eigenvalue weighted by molar-refractivity contribution is 0.504. The molecule has 1 aromatic carbocycles. The monoisotopic (exact) mass is 230 g/mol. The van der Waals surface area contributed by atoms with Crippen molar-refractivity contribution in [2.24, 2.45) is 5.92 Å². The largest absolute Gasteiger partial charge is 0.385 e. The minimum atomic E-state index is -0.366. The Balaban J connectivity index is 1.96. The van der Waals surface area contributed by atoms with Crippen molar-refractivity contribution in [2.75, 3.05) is 11.9 Å². The first-order valence-electron chi connectivity index (χ1n) is 5.87. The Hall–Kier alpha value is -1.82. The van der Waals surface area contributed by atoms with Crippen LogP contribution in [0, 0.1) is 23.1 Å². The SMILES string of the molecule is N#Cc1cc(F)cc(NCC2CC=CCC2)c1. The predicted octanol–water partition coefficient (Wildman–Crippen LogP) is 3.47. The maximum absolute atomic E-state index is 13.2. The molecule has 0 bridgehead atoms. The summed E-state index contributed by atoms with van der Waals surface area (Å²) >= 11 is 0. The minimum absolute atomic E-state index is 0.357. The molecule has 1 atom stereocenters. The fraction of sp³-hybridized carbons (Fsp3) is 0.357. The van der Waals surface area contributed by atoms with Crippen molar-refractivity contribution < 1.29 is 4.39 Å². The molecule has 1 aliphatic carbocycles. The average Bonchev–Trinajstić information content (AvgIpc) is 2.37. The molecule has 1 N–H and O–H groups in total. The van der Waals surface area contributed by atoms with Crippen LogP contribution in [-0.2, 0) is 0 Å². The van der Waals surface area contributed by atoms with Crippen LogP contribution < -0.4 is 5.32 Å². The molecule has 88 valence electrons. The molecule has 1 aromatic rings. The molecule has 0 saturated carbocycles. The summed E-state index contributed by atoms with van der Waals surface area (Å²) in [6, 6.07) is 6.31. The Kier molecular flexibility index (Phi) is 3.77. The summed E-state index contributed by atoms with van der Waals surface area (Å²) < 4.78 is 13.2. The molecular formula is C14H15FN2. The zero-order chi connectivity index (χ0) is 12.1. The molecule has 0 amide bonds. The highest BCUT2D eigenvalue weighted by atomic mass is 19.1. The first-order valence-corrected chi connectivity index (χ1v) is 5.87. The molecule has 0 heterocycles. The standard InChI is InChI=1S/C14H15FN2/c15-13-6-12(9-16)7-14(8-13)17-10-11-4-2-1-3-5-11/h1-2,6-8,11,17H,3-5,10H2. The summed E-state index contributed by atoms with van der Waals surface area (Å²) in [5.41, 5.74) is 1.05. The van der Waals surface area contributed by atoms with Crippen LogP contribution in [0.1, 0.15) is 24.8 Å². The third kappa shape index (κ3) is 3.32. The van der Waals surface area contributed by atoms with Crippen molar-refractivity contribution in [3.8, 4) is 6.07 Å². The highest BCUT2D eigenvalue weighted by Crippen LogP contribution is 2.20. The molecule has 0 aromatic heterocycles. The second-order valence-electron chi connectivity index (χ2n) is 4.37. The van der Waals surface area contributed by atoms with E-state index in [1.165, 1.54) is 18.6 Å². The first-order chi connectivity index (χ1) is 8.28. The van der Waals surface area contributed by atoms with E-state index in [9.17, 15) is 4.39 Å². The first kappa shape index (κ1) is 11.7. The van der Waals surface area contributed by atoms with Gasteiger partial charge in [-0.05, 0) is 43.4 Å². The van der Waals surface area contributed by atoms with Gasteiger partial charge in [-0.2, -0.15) is 5.26 Å². The number of allylic oxidation sites excluding steroid dienone is 2. The van der Waals surface area contributed by atoms with Crippen molar-refractivity contribution >= 4 is 5.69 Å². The van der Waals surface area contributed by atoms with E-state index >= 15 is 0 Å². The normalized spacial score (nSPS) is 18.7. The van der Waals surface area contributed by atoms with Gasteiger partial charge in [-0.15, -0.1) is 0 Å². The second kappa shape index (κ2) is 5.49. The number of hydrogen-bond donors (Lipinski definition) is 1. The summed E-state index contributed by atoms with van der Waals surface area (Å²) in [6.07, 6.45) is 7.77. The highest BCUT2D eigenvalue weighted by molar-refractivity contribution is 5.49. The van der Waals surface area contributed by atoms with E-state index < -0.39 is 0 Å². The third-order valence-electron chi connectivity index (χ3n) is 3.00. The van der Waals surface area contributed by atoms with Crippen molar-refractivity contribution in [2.45, 2.75) is 19.3 Å². The smallest absolute Gasteiger partial charge is 0.126 e. The molecule has 0 radical (unpaired) electrons. The molecule has 1 aliphatic rings. The third-order valence-corrected chi connectivity index (χ3v) is 3.00. The van der Waals surface area contributed by atoms with Crippen molar-refractivity contribution in [3.05, 3.63) is 41.7 Å². The van der Waals surface area contributed by atoms with Crippen LogP contribution in [0.2, 0.25) is 0 Å². The van der Waals surface area contributed by atoms with E-state index in [0.29, 0.717) is 17.2 Å². The van der Waals surface area contributed by atoms with Crippen LogP contribution in [0.4, 0.5) is 10.1 Å². The zero-order valence-corrected chi connectivity index (χ0v) is 9.62. The Morgan fingerprint density at radius 2 is 2.24 bits per heavy atom. The fourth-order valence-electron chi connectivity index (χ4n) is 2.06. The molecule has 1 unspecified atom stereocenters. The maximum atomic E-state index is 13.2. The van der Waals surface area contributed by atoms with Crippen LogP contribution in [-0.4, -0.2) is 6.54 Å². The summed E-state index contributed by atoms with van der Waals surface area (Å²) in [6.45, 7) is 0.832. The van der Waals surface area contributed by atoms with Gasteiger partial charge in [-0.25, -0.2) is 4.39 Å². The molecule has 0 fully saturated rings. The fourth-order valence-corrected chi connectivity index (χ4v) is 2.06. The molecule has 17 heavy (non-hydrogen) atoms. The lowest BCUT2D eigenvalue weighted by Crippen LogP contribution is -2.15. The van der Waals surface area contributed by atoms with Gasteiger partial charge in [0.05, 0.1) is 11.6 Å². The van der Waals surface area contributed by atoms with Crippen LogP contribution >= 0.6 is 0 Å². The van der Waals surface area contributed by atoms with Gasteiger partial charge >= 0.3 is 0 Å².